The number of aryl methyl sites for hydroxylation is 1. The minimum absolute atomic E-state index is 0. The van der Waals surface area contributed by atoms with Gasteiger partial charge in [-0.15, -0.1) is 12.4 Å². The molecule has 0 atom stereocenters. The number of aromatic nitrogens is 2. The van der Waals surface area contributed by atoms with Crippen LogP contribution in [0.25, 0.3) is 11.5 Å². The maximum Gasteiger partial charge on any atom is 0.259 e. The van der Waals surface area contributed by atoms with Crippen LogP contribution in [0.1, 0.15) is 30.7 Å². The summed E-state index contributed by atoms with van der Waals surface area (Å²) in [5.74, 6) is 1.20. The van der Waals surface area contributed by atoms with Crippen LogP contribution in [-0.4, -0.2) is 10.1 Å². The summed E-state index contributed by atoms with van der Waals surface area (Å²) in [5.41, 5.74) is 8.02. The molecule has 4 nitrogen and oxygen atoms in total. The minimum Gasteiger partial charge on any atom is -0.334 e. The zero-order chi connectivity index (χ0) is 12.8. The van der Waals surface area contributed by atoms with Crippen molar-refractivity contribution in [1.29, 1.82) is 0 Å². The van der Waals surface area contributed by atoms with E-state index >= 15 is 0 Å². The van der Waals surface area contributed by atoms with Crippen LogP contribution in [0.2, 0.25) is 0 Å². The molecule has 0 amide bonds. The fraction of sp³-hybridized carbons (Fsp3) is 0.385. The predicted molar refractivity (Wildman–Crippen MR) is 84.2 cm³/mol. The third-order valence-electron chi connectivity index (χ3n) is 3.54. The molecule has 0 aliphatic heterocycles. The summed E-state index contributed by atoms with van der Waals surface area (Å²) in [6.07, 6.45) is 3.02. The van der Waals surface area contributed by atoms with Crippen molar-refractivity contribution in [2.75, 3.05) is 0 Å². The van der Waals surface area contributed by atoms with E-state index in [9.17, 15) is 0 Å². The monoisotopic (exact) mass is 391 g/mol. The largest absolute Gasteiger partial charge is 0.334 e. The van der Waals surface area contributed by atoms with Crippen LogP contribution in [0.3, 0.4) is 0 Å². The fourth-order valence-corrected chi connectivity index (χ4v) is 2.72. The van der Waals surface area contributed by atoms with Crippen molar-refractivity contribution in [3.05, 3.63) is 33.2 Å². The summed E-state index contributed by atoms with van der Waals surface area (Å²) in [5, 5.41) is 4.04. The number of hydrogen-bond acceptors (Lipinski definition) is 4. The molecule has 0 radical (unpaired) electrons. The van der Waals surface area contributed by atoms with E-state index in [2.05, 4.69) is 45.7 Å². The second kappa shape index (κ2) is 5.38. The molecule has 1 aliphatic carbocycles. The molecule has 1 heterocycles. The molecule has 1 fully saturated rings. The molecule has 3 rings (SSSR count). The molecule has 2 N–H and O–H groups in total. The predicted octanol–water partition coefficient (Wildman–Crippen LogP) is 3.41. The van der Waals surface area contributed by atoms with Gasteiger partial charge in [0, 0.05) is 3.57 Å². The Labute approximate surface area is 131 Å². The van der Waals surface area contributed by atoms with Crippen LogP contribution >= 0.6 is 35.0 Å². The average Bonchev–Trinajstić information content (AvgIpc) is 2.79. The van der Waals surface area contributed by atoms with Gasteiger partial charge in [-0.2, -0.15) is 4.98 Å². The zero-order valence-electron chi connectivity index (χ0n) is 10.5. The summed E-state index contributed by atoms with van der Waals surface area (Å²) in [4.78, 5) is 4.47. The third kappa shape index (κ3) is 2.51. The highest BCUT2D eigenvalue weighted by molar-refractivity contribution is 14.1. The van der Waals surface area contributed by atoms with E-state index in [1.54, 1.807) is 0 Å². The van der Waals surface area contributed by atoms with Gasteiger partial charge in [0.2, 0.25) is 0 Å². The van der Waals surface area contributed by atoms with Crippen LogP contribution in [0, 0.1) is 10.5 Å². The Morgan fingerprint density at radius 3 is 2.74 bits per heavy atom. The fourth-order valence-electron chi connectivity index (χ4n) is 2.13. The maximum atomic E-state index is 6.20. The number of nitrogens with two attached hydrogens (primary N) is 1. The molecule has 0 spiro atoms. The highest BCUT2D eigenvalue weighted by atomic mass is 127. The van der Waals surface area contributed by atoms with Gasteiger partial charge in [-0.1, -0.05) is 17.3 Å². The van der Waals surface area contributed by atoms with Gasteiger partial charge in [0.15, 0.2) is 5.82 Å². The number of nitrogens with zero attached hydrogens (tertiary/aromatic N) is 2. The van der Waals surface area contributed by atoms with E-state index in [4.69, 9.17) is 10.3 Å². The van der Waals surface area contributed by atoms with Crippen LogP contribution < -0.4 is 5.73 Å². The summed E-state index contributed by atoms with van der Waals surface area (Å²) in [7, 11) is 0. The molecule has 102 valence electrons. The Bertz CT molecular complexity index is 595. The van der Waals surface area contributed by atoms with Crippen molar-refractivity contribution >= 4 is 35.0 Å². The summed E-state index contributed by atoms with van der Waals surface area (Å²) in [6, 6.07) is 6.06. The van der Waals surface area contributed by atoms with Gasteiger partial charge in [0.1, 0.15) is 0 Å². The third-order valence-corrected chi connectivity index (χ3v) is 4.97. The number of rotatable bonds is 2. The Hall–Kier alpha value is -0.660. The van der Waals surface area contributed by atoms with E-state index < -0.39 is 0 Å². The lowest BCUT2D eigenvalue weighted by molar-refractivity contribution is 0.229. The van der Waals surface area contributed by atoms with E-state index in [0.717, 1.165) is 28.4 Å². The number of hydrogen-bond donors (Lipinski definition) is 1. The quantitative estimate of drug-likeness (QED) is 0.797. The van der Waals surface area contributed by atoms with Gasteiger partial charge < -0.3 is 10.3 Å². The molecular formula is C13H15ClIN3O. The molecule has 1 aliphatic rings. The minimum atomic E-state index is -0.364. The molecule has 2 aromatic rings. The summed E-state index contributed by atoms with van der Waals surface area (Å²) < 4.78 is 6.51. The van der Waals surface area contributed by atoms with Crippen molar-refractivity contribution < 1.29 is 4.52 Å². The van der Waals surface area contributed by atoms with Crippen molar-refractivity contribution in [3.63, 3.8) is 0 Å². The highest BCUT2D eigenvalue weighted by Crippen LogP contribution is 2.38. The topological polar surface area (TPSA) is 64.9 Å². The number of halogens is 2. The van der Waals surface area contributed by atoms with Crippen LogP contribution in [0.15, 0.2) is 22.7 Å². The van der Waals surface area contributed by atoms with E-state index in [0.29, 0.717) is 11.7 Å². The summed E-state index contributed by atoms with van der Waals surface area (Å²) in [6.45, 7) is 2.07. The van der Waals surface area contributed by atoms with Gasteiger partial charge >= 0.3 is 0 Å². The lowest BCUT2D eigenvalue weighted by Crippen LogP contribution is -2.44. The molecule has 0 unspecified atom stereocenters. The molecule has 1 aromatic heterocycles. The van der Waals surface area contributed by atoms with E-state index in [1.165, 1.54) is 5.56 Å². The lowest BCUT2D eigenvalue weighted by atomic mass is 9.77. The first-order valence-corrected chi connectivity index (χ1v) is 7.07. The molecule has 1 saturated carbocycles. The van der Waals surface area contributed by atoms with Crippen LogP contribution in [0.4, 0.5) is 0 Å². The molecule has 19 heavy (non-hydrogen) atoms. The van der Waals surface area contributed by atoms with Crippen LogP contribution in [0.5, 0.6) is 0 Å². The van der Waals surface area contributed by atoms with Gasteiger partial charge in [-0.25, -0.2) is 0 Å². The first-order valence-electron chi connectivity index (χ1n) is 5.99. The lowest BCUT2D eigenvalue weighted by Gasteiger charge is -2.34. The van der Waals surface area contributed by atoms with Crippen molar-refractivity contribution in [1.82, 2.24) is 10.1 Å². The van der Waals surface area contributed by atoms with E-state index in [-0.39, 0.29) is 17.9 Å². The molecule has 0 saturated heterocycles. The normalized spacial score (nSPS) is 16.6. The standard InChI is InChI=1S/C13H14IN3O.ClH/c1-8-4-2-5-9(10(8)14)11-16-12(17-18-11)13(15)6-3-7-13;/h2,4-5H,3,6-7,15H2,1H3;1H. The maximum absolute atomic E-state index is 6.20. The Morgan fingerprint density at radius 2 is 2.11 bits per heavy atom. The molecular weight excluding hydrogens is 377 g/mol. The van der Waals surface area contributed by atoms with Crippen LogP contribution in [-0.2, 0) is 5.54 Å². The van der Waals surface area contributed by atoms with Gasteiger partial charge in [-0.05, 0) is 60.4 Å². The highest BCUT2D eigenvalue weighted by Gasteiger charge is 2.39. The van der Waals surface area contributed by atoms with Gasteiger partial charge in [0.05, 0.1) is 11.1 Å². The molecule has 6 heteroatoms. The summed E-state index contributed by atoms with van der Waals surface area (Å²) >= 11 is 2.30. The van der Waals surface area contributed by atoms with E-state index in [1.807, 2.05) is 12.1 Å². The zero-order valence-corrected chi connectivity index (χ0v) is 13.5. The Kier molecular flexibility index (Phi) is 4.17. The molecule has 1 aromatic carbocycles. The van der Waals surface area contributed by atoms with Crippen molar-refractivity contribution in [3.8, 4) is 11.5 Å². The SMILES string of the molecule is Cc1cccc(-c2nc(C3(N)CCC3)no2)c1I.Cl. The van der Waals surface area contributed by atoms with Gasteiger partial charge in [-0.3, -0.25) is 0 Å². The second-order valence-corrected chi connectivity index (χ2v) is 5.95. The first kappa shape index (κ1) is 14.7. The molecule has 0 bridgehead atoms. The Morgan fingerprint density at radius 1 is 1.37 bits per heavy atom. The average molecular weight is 392 g/mol. The van der Waals surface area contributed by atoms with Crippen molar-refractivity contribution in [2.45, 2.75) is 31.7 Å². The smallest absolute Gasteiger partial charge is 0.259 e. The second-order valence-electron chi connectivity index (χ2n) is 4.87. The van der Waals surface area contributed by atoms with Gasteiger partial charge in [0.25, 0.3) is 5.89 Å². The first-order chi connectivity index (χ1) is 8.60. The number of benzene rings is 1. The van der Waals surface area contributed by atoms with Crippen molar-refractivity contribution in [2.24, 2.45) is 5.73 Å². The Balaban J connectivity index is 0.00000133.